The fourth-order valence-electron chi connectivity index (χ4n) is 1.24. The number of nitrogens with zero attached hydrogens (tertiary/aromatic N) is 2. The molecular weight excluding hydrogens is 338 g/mol. The van der Waals surface area contributed by atoms with Crippen molar-refractivity contribution in [2.24, 2.45) is 10.1 Å². The van der Waals surface area contributed by atoms with Gasteiger partial charge in [-0.3, -0.25) is 0 Å². The Bertz CT molecular complexity index is 486. The van der Waals surface area contributed by atoms with E-state index in [1.54, 1.807) is 12.3 Å². The average Bonchev–Trinajstić information content (AvgIpc) is 2.58. The van der Waals surface area contributed by atoms with Crippen LogP contribution in [0.25, 0.3) is 0 Å². The zero-order chi connectivity index (χ0) is 11.1. The molecule has 2 rings (SSSR count). The van der Waals surface area contributed by atoms with Crippen LogP contribution >= 0.6 is 23.4 Å². The Morgan fingerprint density at radius 1 is 1.62 bits per heavy atom. The van der Waals surface area contributed by atoms with Gasteiger partial charge < -0.3 is 17.0 Å². The Hall–Kier alpha value is 0.110. The average molecular weight is 347 g/mol. The van der Waals surface area contributed by atoms with Crippen LogP contribution in [0.5, 0.6) is 0 Å². The maximum absolute atomic E-state index is 11.2. The number of quaternary nitrogens is 1. The number of hydrogen-bond acceptors (Lipinski definition) is 5. The predicted octanol–water partition coefficient (Wildman–Crippen LogP) is -3.13. The largest absolute Gasteiger partial charge is 1.00 e. The van der Waals surface area contributed by atoms with E-state index in [0.29, 0.717) is 16.0 Å². The minimum atomic E-state index is -3.12. The van der Waals surface area contributed by atoms with Crippen molar-refractivity contribution in [2.45, 2.75) is 12.2 Å². The molecule has 0 spiro atoms. The van der Waals surface area contributed by atoms with Crippen molar-refractivity contribution in [2.75, 3.05) is 5.75 Å². The highest BCUT2D eigenvalue weighted by Crippen LogP contribution is 2.30. The van der Waals surface area contributed by atoms with Gasteiger partial charge in [0.1, 0.15) is 0 Å². The van der Waals surface area contributed by atoms with Gasteiger partial charge in [-0.05, 0) is 11.8 Å². The van der Waals surface area contributed by atoms with Crippen molar-refractivity contribution >= 4 is 44.2 Å². The van der Waals surface area contributed by atoms with E-state index >= 15 is 0 Å². The fraction of sp³-hybridized carbons (Fsp3) is 0.429. The summed E-state index contributed by atoms with van der Waals surface area (Å²) >= 11 is 7.16. The van der Waals surface area contributed by atoms with Gasteiger partial charge in [0.2, 0.25) is 0 Å². The molecule has 0 aromatic heterocycles. The van der Waals surface area contributed by atoms with Crippen LogP contribution in [0.3, 0.4) is 0 Å². The summed E-state index contributed by atoms with van der Waals surface area (Å²) in [7, 11) is -3.12. The van der Waals surface area contributed by atoms with Crippen LogP contribution in [-0.2, 0) is 9.84 Å². The molecule has 1 unspecified atom stereocenters. The van der Waals surface area contributed by atoms with E-state index in [1.165, 1.54) is 11.8 Å². The second-order valence-corrected chi connectivity index (χ2v) is 6.75. The lowest BCUT2D eigenvalue weighted by atomic mass is 10.5. The molecule has 90 valence electrons. The molecule has 0 aromatic carbocycles. The molecule has 2 aliphatic heterocycles. The van der Waals surface area contributed by atoms with Crippen LogP contribution in [0, 0.1) is 0 Å². The summed E-state index contributed by atoms with van der Waals surface area (Å²) in [4.78, 5) is 4.13. The first-order valence-corrected chi connectivity index (χ1v) is 7.16. The lowest BCUT2D eigenvalue weighted by molar-refractivity contribution is -0.536. The molecule has 9 heteroatoms. The summed E-state index contributed by atoms with van der Waals surface area (Å²) < 4.78 is 22.5. The lowest BCUT2D eigenvalue weighted by Gasteiger charge is -2.04. The van der Waals surface area contributed by atoms with Crippen molar-refractivity contribution < 1.29 is 30.8 Å². The molecule has 16 heavy (non-hydrogen) atoms. The standard InChI is InChI=1S/C7H8ClN3O2S2.BrH/c1-4-9-7(11-10-4)14-6-3-15(12,13)2-5(6)8;/h2,6H,3H2,1H3,(H,9,10,11);1H. The van der Waals surface area contributed by atoms with Gasteiger partial charge in [-0.15, -0.1) is 0 Å². The third-order valence-corrected chi connectivity index (χ3v) is 5.28. The van der Waals surface area contributed by atoms with Crippen molar-refractivity contribution in [3.63, 3.8) is 0 Å². The second-order valence-electron chi connectivity index (χ2n) is 3.19. The van der Waals surface area contributed by atoms with E-state index in [0.717, 1.165) is 5.41 Å². The number of hydrogen-bond donors (Lipinski definition) is 1. The summed E-state index contributed by atoms with van der Waals surface area (Å²) in [6, 6.07) is 0. The van der Waals surface area contributed by atoms with Gasteiger partial charge >= 0.3 is 0 Å². The highest BCUT2D eigenvalue weighted by Gasteiger charge is 2.32. The monoisotopic (exact) mass is 345 g/mol. The highest BCUT2D eigenvalue weighted by atomic mass is 79.9. The third-order valence-electron chi connectivity index (χ3n) is 1.88. The van der Waals surface area contributed by atoms with Gasteiger partial charge in [0, 0.05) is 17.4 Å². The minimum Gasteiger partial charge on any atom is -1.00 e. The molecule has 0 radical (unpaired) electrons. The minimum absolute atomic E-state index is 0. The van der Waals surface area contributed by atoms with Crippen LogP contribution in [0.15, 0.2) is 20.5 Å². The molecule has 0 aromatic rings. The molecule has 5 nitrogen and oxygen atoms in total. The fourth-order valence-corrected chi connectivity index (χ4v) is 4.86. The Morgan fingerprint density at radius 3 is 2.75 bits per heavy atom. The van der Waals surface area contributed by atoms with E-state index in [1.807, 2.05) is 0 Å². The molecule has 0 saturated carbocycles. The Balaban J connectivity index is 0.00000128. The van der Waals surface area contributed by atoms with E-state index < -0.39 is 9.84 Å². The van der Waals surface area contributed by atoms with Crippen molar-refractivity contribution in [1.82, 2.24) is 0 Å². The van der Waals surface area contributed by atoms with E-state index in [2.05, 4.69) is 10.1 Å². The molecule has 0 bridgehead atoms. The first kappa shape index (κ1) is 14.2. The first-order chi connectivity index (χ1) is 6.96. The zero-order valence-corrected chi connectivity index (χ0v) is 12.2. The number of rotatable bonds is 1. The van der Waals surface area contributed by atoms with Crippen molar-refractivity contribution in [1.29, 1.82) is 0 Å². The highest BCUT2D eigenvalue weighted by molar-refractivity contribution is 8.15. The smallest absolute Gasteiger partial charge is 0.289 e. The van der Waals surface area contributed by atoms with Gasteiger partial charge in [0.25, 0.3) is 5.17 Å². The van der Waals surface area contributed by atoms with Gasteiger partial charge in [-0.1, -0.05) is 16.7 Å². The predicted molar refractivity (Wildman–Crippen MR) is 61.6 cm³/mol. The van der Waals surface area contributed by atoms with Crippen LogP contribution in [0.1, 0.15) is 6.92 Å². The summed E-state index contributed by atoms with van der Waals surface area (Å²) in [6.45, 7) is 1.78. The zero-order valence-electron chi connectivity index (χ0n) is 8.22. The number of sulfone groups is 1. The molecule has 2 N–H and O–H groups in total. The van der Waals surface area contributed by atoms with E-state index in [9.17, 15) is 8.42 Å². The molecular formula is C7H9BrClN3O2S2. The number of aliphatic imine (C=N–C) groups is 1. The molecule has 2 aliphatic rings. The maximum atomic E-state index is 11.2. The van der Waals surface area contributed by atoms with Gasteiger partial charge in [-0.2, -0.15) is 10.4 Å². The molecule has 0 fully saturated rings. The Morgan fingerprint density at radius 2 is 2.31 bits per heavy atom. The SMILES string of the molecule is CC1=N[NH2+]C(SC2CS(=O)(=O)C=C2Cl)=N1.[Br-]. The number of nitrogens with two attached hydrogens (primary N) is 1. The molecule has 0 aliphatic carbocycles. The first-order valence-electron chi connectivity index (χ1n) is 4.19. The second kappa shape index (κ2) is 5.18. The number of amidine groups is 2. The molecule has 1 atom stereocenters. The van der Waals surface area contributed by atoms with Gasteiger partial charge in [0.15, 0.2) is 15.7 Å². The quantitative estimate of drug-likeness (QED) is 0.510. The van der Waals surface area contributed by atoms with Crippen LogP contribution in [0.4, 0.5) is 0 Å². The lowest BCUT2D eigenvalue weighted by Crippen LogP contribution is -3.00. The topological polar surface area (TPSA) is 75.5 Å². The van der Waals surface area contributed by atoms with E-state index in [4.69, 9.17) is 11.6 Å². The normalized spacial score (nSPS) is 26.9. The Kier molecular flexibility index (Phi) is 4.58. The Labute approximate surface area is 113 Å². The summed E-state index contributed by atoms with van der Waals surface area (Å²) in [5.41, 5.74) is 1.62. The number of halogens is 2. The third kappa shape index (κ3) is 3.30. The van der Waals surface area contributed by atoms with E-state index in [-0.39, 0.29) is 28.0 Å². The van der Waals surface area contributed by atoms with Gasteiger partial charge in [0.05, 0.1) is 11.0 Å². The molecule has 0 saturated heterocycles. The summed E-state index contributed by atoms with van der Waals surface area (Å²) in [5, 5.41) is 5.92. The van der Waals surface area contributed by atoms with Crippen molar-refractivity contribution in [3.05, 3.63) is 10.4 Å². The van der Waals surface area contributed by atoms with Crippen LogP contribution < -0.4 is 22.4 Å². The maximum Gasteiger partial charge on any atom is 0.289 e. The number of thioether (sulfide) groups is 1. The molecule has 0 amide bonds. The summed E-state index contributed by atoms with van der Waals surface area (Å²) in [5.74, 6) is 0.723. The van der Waals surface area contributed by atoms with Crippen LogP contribution in [0.2, 0.25) is 0 Å². The summed E-state index contributed by atoms with van der Waals surface area (Å²) in [6.07, 6.45) is 0. The van der Waals surface area contributed by atoms with Crippen molar-refractivity contribution in [3.8, 4) is 0 Å². The van der Waals surface area contributed by atoms with Gasteiger partial charge in [-0.25, -0.2) is 8.42 Å². The van der Waals surface area contributed by atoms with Crippen LogP contribution in [-0.4, -0.2) is 30.4 Å². The molecule has 2 heterocycles.